The number of anilines is 1. The lowest BCUT2D eigenvalue weighted by Crippen LogP contribution is -2.28. The number of rotatable bonds is 7. The smallest absolute Gasteiger partial charge is 0.270 e. The number of H-pyrrole nitrogens is 1. The van der Waals surface area contributed by atoms with E-state index in [2.05, 4.69) is 37.6 Å². The Balaban J connectivity index is 1.53. The first-order valence-corrected chi connectivity index (χ1v) is 8.95. The molecule has 1 aliphatic rings. The first-order chi connectivity index (χ1) is 12.7. The summed E-state index contributed by atoms with van der Waals surface area (Å²) in [4.78, 5) is 23.6. The molecule has 2 heterocycles. The van der Waals surface area contributed by atoms with Crippen molar-refractivity contribution in [2.45, 2.75) is 19.3 Å². The van der Waals surface area contributed by atoms with Crippen molar-refractivity contribution in [3.63, 3.8) is 0 Å². The Bertz CT molecular complexity index is 903. The zero-order valence-corrected chi connectivity index (χ0v) is 14.8. The van der Waals surface area contributed by atoms with Crippen LogP contribution in [0.1, 0.15) is 28.9 Å². The molecule has 26 heavy (non-hydrogen) atoms. The number of likely N-dealkylation sites (N-methyl/N-ethyl adjacent to an activating group) is 1. The van der Waals surface area contributed by atoms with Crippen molar-refractivity contribution in [1.82, 2.24) is 25.5 Å². The second kappa shape index (κ2) is 7.11. The van der Waals surface area contributed by atoms with Crippen LogP contribution in [-0.2, 0) is 6.42 Å². The van der Waals surface area contributed by atoms with Crippen LogP contribution in [0.3, 0.4) is 0 Å². The predicted molar refractivity (Wildman–Crippen MR) is 100 cm³/mol. The second-order valence-electron chi connectivity index (χ2n) is 6.82. The Morgan fingerprint density at radius 1 is 1.27 bits per heavy atom. The van der Waals surface area contributed by atoms with E-state index in [4.69, 9.17) is 0 Å². The maximum atomic E-state index is 12.6. The van der Waals surface area contributed by atoms with E-state index >= 15 is 0 Å². The maximum absolute atomic E-state index is 12.6. The van der Waals surface area contributed by atoms with Crippen molar-refractivity contribution in [3.8, 4) is 0 Å². The van der Waals surface area contributed by atoms with Crippen molar-refractivity contribution in [2.24, 2.45) is 5.92 Å². The molecule has 0 unspecified atom stereocenters. The van der Waals surface area contributed by atoms with Crippen LogP contribution in [0.15, 0.2) is 36.5 Å². The minimum atomic E-state index is -0.164. The molecular formula is C19H22N6O. The number of nitrogens with one attached hydrogen (secondary N) is 2. The Kier molecular flexibility index (Phi) is 4.51. The number of carbonyl (C=O) groups is 1. The normalized spacial score (nSPS) is 13.7. The second-order valence-corrected chi connectivity index (χ2v) is 6.82. The van der Waals surface area contributed by atoms with Gasteiger partial charge in [0.05, 0.1) is 11.6 Å². The molecule has 1 fully saturated rings. The average Bonchev–Trinajstić information content (AvgIpc) is 3.39. The van der Waals surface area contributed by atoms with Crippen molar-refractivity contribution in [3.05, 3.63) is 47.8 Å². The number of fused-ring (bicyclic) bond motifs is 1. The summed E-state index contributed by atoms with van der Waals surface area (Å²) in [7, 11) is 1.94. The Morgan fingerprint density at radius 2 is 2.08 bits per heavy atom. The van der Waals surface area contributed by atoms with Crippen LogP contribution in [0.5, 0.6) is 0 Å². The Hall–Kier alpha value is -2.96. The lowest BCUT2D eigenvalue weighted by molar-refractivity contribution is 0.0948. The summed E-state index contributed by atoms with van der Waals surface area (Å²) in [5, 5.41) is 10.5. The van der Waals surface area contributed by atoms with Crippen molar-refractivity contribution in [2.75, 3.05) is 25.0 Å². The van der Waals surface area contributed by atoms with Gasteiger partial charge < -0.3 is 10.2 Å². The van der Waals surface area contributed by atoms with Gasteiger partial charge in [0, 0.05) is 20.1 Å². The lowest BCUT2D eigenvalue weighted by atomic mass is 10.1. The van der Waals surface area contributed by atoms with Crippen molar-refractivity contribution < 1.29 is 4.79 Å². The summed E-state index contributed by atoms with van der Waals surface area (Å²) in [6.45, 7) is 1.47. The fourth-order valence-corrected chi connectivity index (χ4v) is 2.85. The Morgan fingerprint density at radius 3 is 2.85 bits per heavy atom. The lowest BCUT2D eigenvalue weighted by Gasteiger charge is -2.18. The van der Waals surface area contributed by atoms with Crippen molar-refractivity contribution in [1.29, 1.82) is 0 Å². The fourth-order valence-electron chi connectivity index (χ4n) is 2.85. The molecule has 4 rings (SSSR count). The summed E-state index contributed by atoms with van der Waals surface area (Å²) in [6.07, 6.45) is 4.87. The number of aromatic amines is 1. The van der Waals surface area contributed by atoms with Gasteiger partial charge in [0.15, 0.2) is 5.65 Å². The summed E-state index contributed by atoms with van der Waals surface area (Å²) in [5.41, 5.74) is 2.22. The first kappa shape index (κ1) is 16.5. The summed E-state index contributed by atoms with van der Waals surface area (Å²) >= 11 is 0. The van der Waals surface area contributed by atoms with Gasteiger partial charge in [-0.3, -0.25) is 9.89 Å². The number of hydrogen-bond acceptors (Lipinski definition) is 5. The molecule has 3 aromatic rings. The molecule has 0 spiro atoms. The van der Waals surface area contributed by atoms with Gasteiger partial charge in [-0.2, -0.15) is 10.1 Å². The monoisotopic (exact) mass is 350 g/mol. The van der Waals surface area contributed by atoms with Gasteiger partial charge in [-0.05, 0) is 30.7 Å². The van der Waals surface area contributed by atoms with Gasteiger partial charge in [0.1, 0.15) is 5.69 Å². The molecule has 0 bridgehead atoms. The zero-order chi connectivity index (χ0) is 17.9. The first-order valence-electron chi connectivity index (χ1n) is 8.95. The molecule has 134 valence electrons. The number of benzene rings is 1. The highest BCUT2D eigenvalue weighted by molar-refractivity contribution is 6.03. The number of carbonyl (C=O) groups excluding carboxylic acids is 1. The van der Waals surface area contributed by atoms with Crippen LogP contribution in [0, 0.1) is 5.92 Å². The van der Waals surface area contributed by atoms with Gasteiger partial charge in [0.2, 0.25) is 5.95 Å². The Labute approximate surface area is 151 Å². The molecule has 1 aromatic carbocycles. The standard InChI is InChI=1S/C19H22N6O/c1-25(10-9-13-5-3-2-4-6-13)19-22-16(15-12-21-24-17(15)23-19)18(26)20-11-14-7-8-14/h2-6,12,14H,7-11H2,1H3,(H,20,26)(H,21,22,23,24). The summed E-state index contributed by atoms with van der Waals surface area (Å²) in [6, 6.07) is 10.3. The topological polar surface area (TPSA) is 86.8 Å². The highest BCUT2D eigenvalue weighted by atomic mass is 16.1. The molecule has 2 N–H and O–H groups in total. The van der Waals surface area contributed by atoms with E-state index < -0.39 is 0 Å². The van der Waals surface area contributed by atoms with Gasteiger partial charge in [-0.25, -0.2) is 4.98 Å². The zero-order valence-electron chi connectivity index (χ0n) is 14.8. The highest BCUT2D eigenvalue weighted by Crippen LogP contribution is 2.27. The van der Waals surface area contributed by atoms with E-state index in [-0.39, 0.29) is 5.91 Å². The summed E-state index contributed by atoms with van der Waals surface area (Å²) < 4.78 is 0. The molecule has 1 aliphatic carbocycles. The van der Waals surface area contributed by atoms with Gasteiger partial charge in [0.25, 0.3) is 5.91 Å². The number of hydrogen-bond donors (Lipinski definition) is 2. The van der Waals surface area contributed by atoms with Crippen LogP contribution in [0.25, 0.3) is 11.0 Å². The minimum absolute atomic E-state index is 0.164. The molecule has 0 aliphatic heterocycles. The molecule has 0 radical (unpaired) electrons. The van der Waals surface area contributed by atoms with Crippen LogP contribution < -0.4 is 10.2 Å². The molecule has 7 nitrogen and oxygen atoms in total. The maximum Gasteiger partial charge on any atom is 0.270 e. The molecule has 1 amide bonds. The van der Waals surface area contributed by atoms with E-state index in [0.717, 1.165) is 13.0 Å². The molecule has 0 saturated heterocycles. The van der Waals surface area contributed by atoms with Crippen molar-refractivity contribution >= 4 is 22.9 Å². The largest absolute Gasteiger partial charge is 0.350 e. The molecule has 2 aromatic heterocycles. The van der Waals surface area contributed by atoms with E-state index in [1.807, 2.05) is 30.1 Å². The molecule has 0 atom stereocenters. The van der Waals surface area contributed by atoms with Crippen LogP contribution in [0.4, 0.5) is 5.95 Å². The van der Waals surface area contributed by atoms with Gasteiger partial charge in [-0.15, -0.1) is 0 Å². The third-order valence-electron chi connectivity index (χ3n) is 4.68. The number of amides is 1. The van der Waals surface area contributed by atoms with Gasteiger partial charge in [-0.1, -0.05) is 30.3 Å². The van der Waals surface area contributed by atoms with Crippen LogP contribution in [0.2, 0.25) is 0 Å². The van der Waals surface area contributed by atoms with E-state index in [1.165, 1.54) is 18.4 Å². The minimum Gasteiger partial charge on any atom is -0.350 e. The molecule has 1 saturated carbocycles. The molecular weight excluding hydrogens is 328 g/mol. The predicted octanol–water partition coefficient (Wildman–Crippen LogP) is 2.17. The summed E-state index contributed by atoms with van der Waals surface area (Å²) in [5.74, 6) is 0.978. The fraction of sp³-hybridized carbons (Fsp3) is 0.368. The highest BCUT2D eigenvalue weighted by Gasteiger charge is 2.24. The van der Waals surface area contributed by atoms with Gasteiger partial charge >= 0.3 is 0 Å². The van der Waals surface area contributed by atoms with Crippen LogP contribution in [-0.4, -0.2) is 46.2 Å². The van der Waals surface area contributed by atoms with E-state index in [1.54, 1.807) is 6.20 Å². The third-order valence-corrected chi connectivity index (χ3v) is 4.68. The quantitative estimate of drug-likeness (QED) is 0.682. The average molecular weight is 350 g/mol. The SMILES string of the molecule is CN(CCc1ccccc1)c1nc(C(=O)NCC2CC2)c2cn[nH]c2n1. The van der Waals surface area contributed by atoms with Crippen LogP contribution >= 0.6 is 0 Å². The molecule has 7 heteroatoms. The number of nitrogens with zero attached hydrogens (tertiary/aromatic N) is 4. The van der Waals surface area contributed by atoms with E-state index in [0.29, 0.717) is 35.1 Å². The van der Waals surface area contributed by atoms with E-state index in [9.17, 15) is 4.79 Å². The third kappa shape index (κ3) is 3.66. The number of aromatic nitrogens is 4.